The van der Waals surface area contributed by atoms with Gasteiger partial charge in [-0.05, 0) is 30.0 Å². The predicted octanol–water partition coefficient (Wildman–Crippen LogP) is 7.03. The van der Waals surface area contributed by atoms with Crippen molar-refractivity contribution in [2.45, 2.75) is 25.9 Å². The molecule has 0 spiro atoms. The molecule has 2 N–H and O–H groups in total. The Morgan fingerprint density at radius 3 is 1.87 bits per heavy atom. The second-order valence-electron chi connectivity index (χ2n) is 6.23. The fraction of sp³-hybridized carbons (Fsp3) is 0.333. The SMILES string of the molecule is [Ac].[Ac].[Ac].[Ac].[NH-]c1c([N+](=O)[O-])cc(Br)c2c1C[N-]CC2.[NH-]c1ccc(Br)c2c1C[N-]CC2. The first-order valence-corrected chi connectivity index (χ1v) is 9.97. The van der Waals surface area contributed by atoms with Crippen LogP contribution in [0.5, 0.6) is 0 Å². The molecule has 2 aromatic carbocycles. The molecule has 2 heterocycles. The van der Waals surface area contributed by atoms with Crippen LogP contribution in [-0.4, -0.2) is 18.0 Å². The summed E-state index contributed by atoms with van der Waals surface area (Å²) < 4.78 is 1.85. The van der Waals surface area contributed by atoms with Crippen LogP contribution in [-0.2, 0) is 25.9 Å². The molecule has 0 unspecified atom stereocenters. The third-order valence-corrected chi connectivity index (χ3v) is 6.07. The van der Waals surface area contributed by atoms with Crippen molar-refractivity contribution in [3.05, 3.63) is 81.6 Å². The summed E-state index contributed by atoms with van der Waals surface area (Å²) >= 11 is 6.80. The largest absolute Gasteiger partial charge is 0.699 e. The maximum atomic E-state index is 10.7. The first-order chi connectivity index (χ1) is 12.9. The molecular formula is C18H17Ac4Br2N5O2-4. The van der Waals surface area contributed by atoms with Crippen molar-refractivity contribution in [3.8, 4) is 0 Å². The molecule has 0 aromatic heterocycles. The van der Waals surface area contributed by atoms with E-state index in [4.69, 9.17) is 11.5 Å². The number of benzene rings is 2. The average molecular weight is 1400 g/mol. The van der Waals surface area contributed by atoms with E-state index in [1.54, 1.807) is 0 Å². The summed E-state index contributed by atoms with van der Waals surface area (Å²) in [6.45, 7) is 2.75. The molecule has 2 aromatic rings. The summed E-state index contributed by atoms with van der Waals surface area (Å²) in [6.07, 6.45) is 1.72. The normalized spacial score (nSPS) is 13.2. The topological polar surface area (TPSA) is 119 Å². The van der Waals surface area contributed by atoms with Gasteiger partial charge in [-0.1, -0.05) is 54.7 Å². The van der Waals surface area contributed by atoms with E-state index in [1.165, 1.54) is 11.6 Å². The van der Waals surface area contributed by atoms with E-state index >= 15 is 0 Å². The van der Waals surface area contributed by atoms with Crippen LogP contribution in [0, 0.1) is 186 Å². The molecule has 2 aliphatic heterocycles. The van der Waals surface area contributed by atoms with Gasteiger partial charge in [0.2, 0.25) is 0 Å². The van der Waals surface area contributed by atoms with E-state index < -0.39 is 4.92 Å². The summed E-state index contributed by atoms with van der Waals surface area (Å²) in [6, 6.07) is 5.18. The van der Waals surface area contributed by atoms with E-state index in [-0.39, 0.29) is 188 Å². The average Bonchev–Trinajstić information content (AvgIpc) is 2.68. The molecule has 4 rings (SSSR count). The number of hydrogen-bond donors (Lipinski definition) is 0. The number of rotatable bonds is 1. The van der Waals surface area contributed by atoms with E-state index in [1.807, 2.05) is 12.1 Å². The Hall–Kier alpha value is 4.09. The third-order valence-electron chi connectivity index (χ3n) is 4.62. The number of hydrogen-bond acceptors (Lipinski definition) is 2. The Morgan fingerprint density at radius 1 is 0.839 bits per heavy atom. The standard InChI is InChI=1S/C9H8BrN3O2.C9H9BrN2.4Ac/c10-7-3-8(13(14)15)9(11)6-4-12-2-1-5(6)7;10-8-1-2-9(11)7-5-12-4-3-6(7)8;;;;/h3,11H,1-2,4H2;1-2,11H,3-5H2;;;;/q2*-2;;;;. The Labute approximate surface area is 342 Å². The quantitative estimate of drug-likeness (QED) is 0.225. The second kappa shape index (κ2) is 18.4. The van der Waals surface area contributed by atoms with Crippen LogP contribution in [0.3, 0.4) is 0 Å². The first kappa shape index (κ1) is 37.2. The zero-order valence-electron chi connectivity index (χ0n) is 16.7. The molecule has 13 heteroatoms. The van der Waals surface area contributed by atoms with Gasteiger partial charge in [0.05, 0.1) is 4.92 Å². The van der Waals surface area contributed by atoms with E-state index in [0.717, 1.165) is 46.0 Å². The van der Waals surface area contributed by atoms with Crippen LogP contribution in [0.4, 0.5) is 17.1 Å². The first-order valence-electron chi connectivity index (χ1n) is 8.38. The van der Waals surface area contributed by atoms with Gasteiger partial charge in [-0.15, -0.1) is 31.9 Å². The monoisotopic (exact) mass is 1400 g/mol. The van der Waals surface area contributed by atoms with Crippen molar-refractivity contribution in [2.75, 3.05) is 13.1 Å². The van der Waals surface area contributed by atoms with E-state index in [2.05, 4.69) is 42.5 Å². The van der Waals surface area contributed by atoms with Crippen molar-refractivity contribution in [2.24, 2.45) is 0 Å². The minimum Gasteiger partial charge on any atom is -0.699 e. The van der Waals surface area contributed by atoms with Crippen molar-refractivity contribution in [3.63, 3.8) is 0 Å². The van der Waals surface area contributed by atoms with Crippen molar-refractivity contribution < 1.29 is 181 Å². The molecule has 156 valence electrons. The summed E-state index contributed by atoms with van der Waals surface area (Å²) in [5, 5.41) is 19.1. The molecule has 0 amide bonds. The van der Waals surface area contributed by atoms with Gasteiger partial charge in [0.25, 0.3) is 5.69 Å². The van der Waals surface area contributed by atoms with Crippen molar-refractivity contribution in [1.29, 1.82) is 0 Å². The summed E-state index contributed by atoms with van der Waals surface area (Å²) in [5.74, 6) is 0. The zero-order valence-corrected chi connectivity index (χ0v) is 38.9. The van der Waals surface area contributed by atoms with Crippen LogP contribution in [0.25, 0.3) is 22.1 Å². The molecule has 4 radical (unpaired) electrons. The minimum atomic E-state index is -0.526. The molecule has 0 aliphatic carbocycles. The maximum Gasteiger partial charge on any atom is 0.255 e. The number of nitro benzene ring substituents is 1. The summed E-state index contributed by atoms with van der Waals surface area (Å²) in [7, 11) is 0. The second-order valence-corrected chi connectivity index (χ2v) is 7.94. The molecule has 0 saturated heterocycles. The van der Waals surface area contributed by atoms with Crippen LogP contribution in [0.15, 0.2) is 27.1 Å². The van der Waals surface area contributed by atoms with Gasteiger partial charge in [0, 0.05) is 191 Å². The van der Waals surface area contributed by atoms with Gasteiger partial charge in [-0.25, -0.2) is 0 Å². The number of halogens is 2. The van der Waals surface area contributed by atoms with Gasteiger partial charge >= 0.3 is 0 Å². The molecule has 0 bridgehead atoms. The molecule has 7 nitrogen and oxygen atoms in total. The number of fused-ring (bicyclic) bond motifs is 2. The third kappa shape index (κ3) is 10.1. The molecule has 0 atom stereocenters. The molecule has 31 heavy (non-hydrogen) atoms. The Balaban J connectivity index is 0. The van der Waals surface area contributed by atoms with Gasteiger partial charge in [-0.3, -0.25) is 10.1 Å². The van der Waals surface area contributed by atoms with Gasteiger partial charge in [-0.2, -0.15) is 0 Å². The summed E-state index contributed by atoms with van der Waals surface area (Å²) in [4.78, 5) is 10.2. The predicted molar refractivity (Wildman–Crippen MR) is 114 cm³/mol. The summed E-state index contributed by atoms with van der Waals surface area (Å²) in [5.41, 5.74) is 19.9. The maximum absolute atomic E-state index is 10.7. The van der Waals surface area contributed by atoms with Crippen LogP contribution >= 0.6 is 31.9 Å². The number of nitro groups is 1. The Kier molecular flexibility index (Phi) is 22.1. The fourth-order valence-corrected chi connectivity index (χ4v) is 4.42. The number of nitrogens with one attached hydrogen (secondary N) is 2. The number of nitrogens with zero attached hydrogens (tertiary/aromatic N) is 3. The van der Waals surface area contributed by atoms with Crippen LogP contribution < -0.4 is 0 Å². The fourth-order valence-electron chi connectivity index (χ4n) is 3.20. The Bertz CT molecular complexity index is 875. The van der Waals surface area contributed by atoms with E-state index in [9.17, 15) is 10.1 Å². The van der Waals surface area contributed by atoms with Crippen molar-refractivity contribution in [1.82, 2.24) is 0 Å². The van der Waals surface area contributed by atoms with Gasteiger partial charge < -0.3 is 22.1 Å². The van der Waals surface area contributed by atoms with Gasteiger partial charge in [0.15, 0.2) is 0 Å². The van der Waals surface area contributed by atoms with Crippen LogP contribution in [0.2, 0.25) is 0 Å². The zero-order chi connectivity index (χ0) is 19.6. The van der Waals surface area contributed by atoms with Crippen LogP contribution in [0.1, 0.15) is 22.3 Å². The van der Waals surface area contributed by atoms with E-state index in [0.29, 0.717) is 24.3 Å². The molecular weight excluding hydrogens is 1390 g/mol. The molecule has 2 aliphatic rings. The Morgan fingerprint density at radius 2 is 1.35 bits per heavy atom. The molecule has 0 fully saturated rings. The smallest absolute Gasteiger partial charge is 0.255 e. The van der Waals surface area contributed by atoms with Gasteiger partial charge in [0.1, 0.15) is 0 Å². The minimum absolute atomic E-state index is 0. The molecule has 0 saturated carbocycles. The van der Waals surface area contributed by atoms with Crippen molar-refractivity contribution >= 4 is 48.9 Å².